The quantitative estimate of drug-likeness (QED) is 0.264. The number of ketones is 1. The molecule has 1 aromatic heterocycles. The lowest BCUT2D eigenvalue weighted by molar-refractivity contribution is 0.105. The molecule has 34 heavy (non-hydrogen) atoms. The fourth-order valence-electron chi connectivity index (χ4n) is 3.93. The molecule has 0 amide bonds. The second kappa shape index (κ2) is 8.90. The van der Waals surface area contributed by atoms with Crippen molar-refractivity contribution in [3.63, 3.8) is 0 Å². The van der Waals surface area contributed by atoms with Gasteiger partial charge in [0.15, 0.2) is 22.9 Å². The first-order valence-corrected chi connectivity index (χ1v) is 10.9. The van der Waals surface area contributed by atoms with Crippen LogP contribution in [0.4, 0.5) is 0 Å². The van der Waals surface area contributed by atoms with E-state index >= 15 is 0 Å². The molecule has 0 N–H and O–H groups in total. The van der Waals surface area contributed by atoms with E-state index in [1.807, 2.05) is 61.5 Å². The zero-order chi connectivity index (χ0) is 23.7. The van der Waals surface area contributed by atoms with Crippen molar-refractivity contribution in [2.75, 3.05) is 14.2 Å². The molecule has 1 atom stereocenters. The van der Waals surface area contributed by atoms with E-state index in [2.05, 4.69) is 4.98 Å². The van der Waals surface area contributed by atoms with Gasteiger partial charge in [0.05, 0.1) is 19.8 Å². The maximum Gasteiger partial charge on any atom is 0.231 e. The van der Waals surface area contributed by atoms with Crippen molar-refractivity contribution in [3.05, 3.63) is 95.4 Å². The van der Waals surface area contributed by atoms with Gasteiger partial charge >= 0.3 is 0 Å². The zero-order valence-electron chi connectivity index (χ0n) is 19.1. The Bertz CT molecular complexity index is 1410. The molecule has 0 fully saturated rings. The summed E-state index contributed by atoms with van der Waals surface area (Å²) in [6.07, 6.45) is 3.56. The summed E-state index contributed by atoms with van der Waals surface area (Å²) >= 11 is 0. The van der Waals surface area contributed by atoms with Crippen molar-refractivity contribution >= 4 is 28.5 Å². The van der Waals surface area contributed by atoms with Crippen LogP contribution in [0.5, 0.6) is 17.2 Å². The third-order valence-electron chi connectivity index (χ3n) is 5.74. The number of benzene rings is 3. The Morgan fingerprint density at radius 2 is 1.74 bits per heavy atom. The third-order valence-corrected chi connectivity index (χ3v) is 5.74. The summed E-state index contributed by atoms with van der Waals surface area (Å²) in [7, 11) is 3.09. The normalized spacial score (nSPS) is 15.3. The molecule has 1 aliphatic rings. The summed E-state index contributed by atoms with van der Waals surface area (Å²) < 4.78 is 22.8. The van der Waals surface area contributed by atoms with Crippen LogP contribution in [0.1, 0.15) is 28.7 Å². The predicted molar refractivity (Wildman–Crippen MR) is 130 cm³/mol. The molecule has 0 bridgehead atoms. The van der Waals surface area contributed by atoms with Gasteiger partial charge in [0.2, 0.25) is 5.89 Å². The van der Waals surface area contributed by atoms with Crippen LogP contribution >= 0.6 is 0 Å². The van der Waals surface area contributed by atoms with E-state index in [4.69, 9.17) is 18.6 Å². The largest absolute Gasteiger partial charge is 0.493 e. The maximum absolute atomic E-state index is 13.8. The smallest absolute Gasteiger partial charge is 0.231 e. The molecule has 4 aromatic rings. The highest BCUT2D eigenvalue weighted by atomic mass is 16.5. The molecule has 170 valence electrons. The molecule has 3 aromatic carbocycles. The van der Waals surface area contributed by atoms with Gasteiger partial charge in [0, 0.05) is 11.1 Å². The molecule has 0 saturated carbocycles. The van der Waals surface area contributed by atoms with Gasteiger partial charge in [-0.25, -0.2) is 4.98 Å². The van der Waals surface area contributed by atoms with Gasteiger partial charge in [0.25, 0.3) is 0 Å². The number of methoxy groups -OCH3 is 2. The summed E-state index contributed by atoms with van der Waals surface area (Å²) in [6, 6.07) is 20.3. The summed E-state index contributed by atoms with van der Waals surface area (Å²) in [6.45, 7) is 1.95. The van der Waals surface area contributed by atoms with Crippen molar-refractivity contribution in [1.82, 2.24) is 4.98 Å². The van der Waals surface area contributed by atoms with Crippen molar-refractivity contribution in [2.24, 2.45) is 0 Å². The fraction of sp³-hybridized carbons (Fsp3) is 0.143. The second-order valence-electron chi connectivity index (χ2n) is 7.89. The highest BCUT2D eigenvalue weighted by Gasteiger charge is 2.25. The van der Waals surface area contributed by atoms with Crippen molar-refractivity contribution in [1.29, 1.82) is 0 Å². The van der Waals surface area contributed by atoms with Crippen molar-refractivity contribution in [2.45, 2.75) is 13.0 Å². The molecular formula is C28H23NO5. The number of carbonyl (C=O) groups is 1. The Morgan fingerprint density at radius 3 is 2.53 bits per heavy atom. The highest BCUT2D eigenvalue weighted by Crippen LogP contribution is 2.34. The first-order valence-electron chi connectivity index (χ1n) is 10.9. The summed E-state index contributed by atoms with van der Waals surface area (Å²) in [5.41, 5.74) is 3.82. The minimum atomic E-state index is -0.257. The average molecular weight is 453 g/mol. The Morgan fingerprint density at radius 1 is 0.971 bits per heavy atom. The molecule has 2 heterocycles. The number of Topliss-reactive ketones (excluding diaryl/α,β-unsaturated/α-hetero) is 1. The monoisotopic (exact) mass is 453 g/mol. The van der Waals surface area contributed by atoms with Crippen LogP contribution in [0.2, 0.25) is 0 Å². The zero-order valence-corrected chi connectivity index (χ0v) is 19.1. The highest BCUT2D eigenvalue weighted by molar-refractivity contribution is 6.28. The van der Waals surface area contributed by atoms with E-state index in [0.29, 0.717) is 33.7 Å². The average Bonchev–Trinajstić information content (AvgIpc) is 3.30. The number of rotatable bonds is 6. The number of fused-ring (bicyclic) bond motifs is 2. The number of para-hydroxylation sites is 3. The van der Waals surface area contributed by atoms with Crippen LogP contribution in [-0.4, -0.2) is 31.1 Å². The van der Waals surface area contributed by atoms with Crippen LogP contribution < -0.4 is 14.2 Å². The lowest BCUT2D eigenvalue weighted by atomic mass is 9.96. The number of carbonyl (C=O) groups excluding carboxylic acids is 1. The van der Waals surface area contributed by atoms with Crippen LogP contribution in [0.15, 0.2) is 82.8 Å². The second-order valence-corrected chi connectivity index (χ2v) is 7.89. The third kappa shape index (κ3) is 3.94. The first-order chi connectivity index (χ1) is 16.6. The standard InChI is InChI=1S/C28H23NO5/c1-17-20(14-18-8-4-6-10-23(18)33-17)15-21(28-29-22-9-5-7-11-24(22)34-28)27(30)19-12-13-25(31-2)26(16-19)32-3/h4-17H,1-3H3/b21-15-/t17-/m0/s1. The molecule has 0 radical (unpaired) electrons. The van der Waals surface area contributed by atoms with E-state index in [-0.39, 0.29) is 17.8 Å². The number of ether oxygens (including phenoxy) is 3. The SMILES string of the molecule is COc1ccc(C(=O)/C(=C/C2=Cc3ccccc3O[C@H]2C)c2nc3ccccc3o2)cc1OC. The van der Waals surface area contributed by atoms with Crippen LogP contribution in [0, 0.1) is 0 Å². The Kier molecular flexibility index (Phi) is 5.64. The van der Waals surface area contributed by atoms with Crippen molar-refractivity contribution in [3.8, 4) is 17.2 Å². The molecule has 0 aliphatic carbocycles. The molecule has 0 unspecified atom stereocenters. The van der Waals surface area contributed by atoms with Gasteiger partial charge in [-0.3, -0.25) is 4.79 Å². The topological polar surface area (TPSA) is 70.8 Å². The minimum Gasteiger partial charge on any atom is -0.493 e. The number of oxazole rings is 1. The van der Waals surface area contributed by atoms with Gasteiger partial charge in [-0.15, -0.1) is 0 Å². The summed E-state index contributed by atoms with van der Waals surface area (Å²) in [5, 5.41) is 0. The molecule has 6 heteroatoms. The van der Waals surface area contributed by atoms with Crippen LogP contribution in [0.25, 0.3) is 22.7 Å². The van der Waals surface area contributed by atoms with Crippen LogP contribution in [-0.2, 0) is 0 Å². The number of hydrogen-bond acceptors (Lipinski definition) is 6. The van der Waals surface area contributed by atoms with Gasteiger partial charge < -0.3 is 18.6 Å². The van der Waals surface area contributed by atoms with E-state index in [9.17, 15) is 4.79 Å². The molecule has 6 nitrogen and oxygen atoms in total. The molecular weight excluding hydrogens is 430 g/mol. The van der Waals surface area contributed by atoms with Gasteiger partial charge in [-0.1, -0.05) is 30.3 Å². The van der Waals surface area contributed by atoms with E-state index < -0.39 is 0 Å². The van der Waals surface area contributed by atoms with Gasteiger partial charge in [-0.2, -0.15) is 0 Å². The molecule has 0 spiro atoms. The van der Waals surface area contributed by atoms with E-state index in [1.165, 1.54) is 7.11 Å². The van der Waals surface area contributed by atoms with Gasteiger partial charge in [0.1, 0.15) is 17.4 Å². The van der Waals surface area contributed by atoms with Crippen molar-refractivity contribution < 1.29 is 23.4 Å². The van der Waals surface area contributed by atoms with Crippen LogP contribution in [0.3, 0.4) is 0 Å². The number of nitrogens with zero attached hydrogens (tertiary/aromatic N) is 1. The summed E-state index contributed by atoms with van der Waals surface area (Å²) in [4.78, 5) is 18.4. The number of allylic oxidation sites excluding steroid dienone is 1. The molecule has 1 aliphatic heterocycles. The Balaban J connectivity index is 1.65. The van der Waals surface area contributed by atoms with Gasteiger partial charge in [-0.05, 0) is 61.0 Å². The fourth-order valence-corrected chi connectivity index (χ4v) is 3.93. The molecule has 0 saturated heterocycles. The minimum absolute atomic E-state index is 0.243. The Hall–Kier alpha value is -4.32. The molecule has 5 rings (SSSR count). The lowest BCUT2D eigenvalue weighted by Gasteiger charge is -2.23. The lowest BCUT2D eigenvalue weighted by Crippen LogP contribution is -2.18. The predicted octanol–water partition coefficient (Wildman–Crippen LogP) is 5.98. The van der Waals surface area contributed by atoms with E-state index in [1.54, 1.807) is 31.4 Å². The maximum atomic E-state index is 13.8. The van der Waals surface area contributed by atoms with E-state index in [0.717, 1.165) is 16.9 Å². The summed E-state index contributed by atoms with van der Waals surface area (Å²) in [5.74, 6) is 1.81. The number of hydrogen-bond donors (Lipinski definition) is 0. The number of aromatic nitrogens is 1. The Labute approximate surface area is 197 Å². The first kappa shape index (κ1) is 21.5.